The summed E-state index contributed by atoms with van der Waals surface area (Å²) < 4.78 is 64.2. The molecule has 1 atom stereocenters. The molecular formula is C22H21ClF4N2O6S. The molecule has 0 aliphatic carbocycles. The zero-order valence-electron chi connectivity index (χ0n) is 19.1. The average Bonchev–Trinajstić information content (AvgIpc) is 2.80. The molecule has 0 saturated heterocycles. The van der Waals surface area contributed by atoms with E-state index in [0.717, 1.165) is 37.0 Å². The number of benzene rings is 1. The van der Waals surface area contributed by atoms with Crippen LogP contribution in [0.2, 0.25) is 5.02 Å². The lowest BCUT2D eigenvalue weighted by molar-refractivity contribution is -0.144. The van der Waals surface area contributed by atoms with Gasteiger partial charge in [-0.25, -0.2) is 18.5 Å². The van der Waals surface area contributed by atoms with Gasteiger partial charge in [-0.05, 0) is 31.9 Å². The van der Waals surface area contributed by atoms with Crippen LogP contribution in [0.15, 0.2) is 45.3 Å². The number of thioether (sulfide) groups is 1. The summed E-state index contributed by atoms with van der Waals surface area (Å²) in [5.41, 5.74) is -4.93. The molecular weight excluding hydrogens is 532 g/mol. The molecule has 1 aromatic carbocycles. The van der Waals surface area contributed by atoms with Crippen LogP contribution in [0.5, 0.6) is 0 Å². The number of carbonyl (C=O) groups excluding carboxylic acids is 2. The predicted molar refractivity (Wildman–Crippen MR) is 124 cm³/mol. The van der Waals surface area contributed by atoms with Gasteiger partial charge < -0.3 is 9.47 Å². The van der Waals surface area contributed by atoms with Crippen LogP contribution in [0.1, 0.15) is 25.5 Å². The highest BCUT2D eigenvalue weighted by Gasteiger charge is 2.35. The number of halogens is 5. The molecule has 36 heavy (non-hydrogen) atoms. The maximum atomic E-state index is 14.6. The van der Waals surface area contributed by atoms with Gasteiger partial charge in [0.15, 0.2) is 0 Å². The number of esters is 2. The Labute approximate surface area is 211 Å². The molecule has 0 radical (unpaired) electrons. The summed E-state index contributed by atoms with van der Waals surface area (Å²) in [5.74, 6) is -2.34. The van der Waals surface area contributed by atoms with E-state index in [1.165, 1.54) is 6.92 Å². The average molecular weight is 553 g/mol. The monoisotopic (exact) mass is 552 g/mol. The molecule has 1 aromatic heterocycles. The molecule has 14 heteroatoms. The van der Waals surface area contributed by atoms with Crippen LogP contribution >= 0.6 is 23.4 Å². The molecule has 0 saturated carbocycles. The van der Waals surface area contributed by atoms with Gasteiger partial charge in [0.1, 0.15) is 16.8 Å². The van der Waals surface area contributed by atoms with Crippen LogP contribution in [-0.4, -0.2) is 39.5 Å². The molecule has 1 heterocycles. The Kier molecular flexibility index (Phi) is 9.93. The molecule has 0 spiro atoms. The van der Waals surface area contributed by atoms with E-state index in [0.29, 0.717) is 12.8 Å². The molecule has 2 aromatic rings. The van der Waals surface area contributed by atoms with E-state index in [1.54, 1.807) is 0 Å². The van der Waals surface area contributed by atoms with Crippen molar-refractivity contribution < 1.29 is 36.6 Å². The Balaban J connectivity index is 2.19. The van der Waals surface area contributed by atoms with E-state index >= 15 is 0 Å². The van der Waals surface area contributed by atoms with Crippen LogP contribution < -0.4 is 11.2 Å². The van der Waals surface area contributed by atoms with Gasteiger partial charge in [-0.3, -0.25) is 14.2 Å². The number of unbranched alkanes of at least 4 members (excludes halogenated alkanes) is 1. The minimum Gasteiger partial charge on any atom is -0.465 e. The number of rotatable bonds is 10. The second kappa shape index (κ2) is 12.3. The zero-order chi connectivity index (χ0) is 27.2. The van der Waals surface area contributed by atoms with E-state index in [-0.39, 0.29) is 38.3 Å². The smallest absolute Gasteiger partial charge is 0.431 e. The first-order chi connectivity index (χ1) is 16.8. The van der Waals surface area contributed by atoms with Crippen LogP contribution in [0.25, 0.3) is 5.69 Å². The van der Waals surface area contributed by atoms with Gasteiger partial charge in [0, 0.05) is 24.1 Å². The van der Waals surface area contributed by atoms with Crippen LogP contribution in [0.4, 0.5) is 17.6 Å². The molecule has 2 rings (SSSR count). The lowest BCUT2D eigenvalue weighted by Crippen LogP contribution is -2.41. The van der Waals surface area contributed by atoms with Crippen molar-refractivity contribution in [2.45, 2.75) is 36.1 Å². The summed E-state index contributed by atoms with van der Waals surface area (Å²) in [6.07, 6.45) is -3.10. The minimum atomic E-state index is -4.97. The second-order valence-corrected chi connectivity index (χ2v) is 9.07. The Morgan fingerprint density at radius 3 is 2.36 bits per heavy atom. The van der Waals surface area contributed by atoms with Crippen molar-refractivity contribution in [1.82, 2.24) is 9.13 Å². The van der Waals surface area contributed by atoms with Gasteiger partial charge >= 0.3 is 23.8 Å². The highest BCUT2D eigenvalue weighted by Crippen LogP contribution is 2.34. The van der Waals surface area contributed by atoms with E-state index in [2.05, 4.69) is 6.58 Å². The maximum absolute atomic E-state index is 14.6. The third-order valence-corrected chi connectivity index (χ3v) is 6.24. The van der Waals surface area contributed by atoms with Gasteiger partial charge in [0.05, 0.1) is 23.9 Å². The van der Waals surface area contributed by atoms with E-state index in [4.69, 9.17) is 21.1 Å². The molecule has 196 valence electrons. The van der Waals surface area contributed by atoms with Crippen molar-refractivity contribution >= 4 is 35.3 Å². The van der Waals surface area contributed by atoms with Gasteiger partial charge in [0.2, 0.25) is 0 Å². The minimum absolute atomic E-state index is 0.0365. The zero-order valence-corrected chi connectivity index (χ0v) is 20.6. The number of ether oxygens (including phenoxy) is 2. The van der Waals surface area contributed by atoms with Crippen molar-refractivity contribution in [3.8, 4) is 5.69 Å². The molecule has 0 aliphatic rings. The molecule has 0 aliphatic heterocycles. The van der Waals surface area contributed by atoms with Gasteiger partial charge in [0.25, 0.3) is 5.56 Å². The van der Waals surface area contributed by atoms with Crippen molar-refractivity contribution in [2.75, 3.05) is 13.2 Å². The topological polar surface area (TPSA) is 96.6 Å². The first kappa shape index (κ1) is 29.2. The molecule has 0 N–H and O–H groups in total. The third kappa shape index (κ3) is 7.23. The number of aromatic nitrogens is 2. The first-order valence-corrected chi connectivity index (χ1v) is 11.6. The standard InChI is InChI=1S/C22H21ClF4N2O6S/c1-4-19(31)34-7-5-6-8-35-20(32)12(2)36-16-10-15(14(24)9-13(16)23)29-18(30)11-17(22(25,26)27)28(3)21(29)33/h4,9-12H,1,5-8H2,2-3H3. The normalized spacial score (nSPS) is 12.2. The molecule has 1 unspecified atom stereocenters. The highest BCUT2D eigenvalue weighted by atomic mass is 35.5. The number of hydrogen-bond donors (Lipinski definition) is 0. The Morgan fingerprint density at radius 1 is 1.17 bits per heavy atom. The van der Waals surface area contributed by atoms with Gasteiger partial charge in [-0.2, -0.15) is 13.2 Å². The summed E-state index contributed by atoms with van der Waals surface area (Å²) in [7, 11) is 0.798. The number of alkyl halides is 3. The Bertz CT molecular complexity index is 1270. The summed E-state index contributed by atoms with van der Waals surface area (Å²) in [6.45, 7) is 4.90. The van der Waals surface area contributed by atoms with E-state index < -0.39 is 51.8 Å². The number of carbonyl (C=O) groups is 2. The number of nitrogens with zero attached hydrogens (tertiary/aromatic N) is 2. The summed E-state index contributed by atoms with van der Waals surface area (Å²) in [6, 6.07) is 1.96. The lowest BCUT2D eigenvalue weighted by atomic mass is 10.3. The maximum Gasteiger partial charge on any atom is 0.431 e. The van der Waals surface area contributed by atoms with Crippen LogP contribution in [0.3, 0.4) is 0 Å². The molecule has 0 bridgehead atoms. The van der Waals surface area contributed by atoms with Crippen molar-refractivity contribution in [3.63, 3.8) is 0 Å². The Morgan fingerprint density at radius 2 is 1.78 bits per heavy atom. The SMILES string of the molecule is C=CC(=O)OCCCCOC(=O)C(C)Sc1cc(-n2c(=O)cc(C(F)(F)F)n(C)c2=O)c(F)cc1Cl. The van der Waals surface area contributed by atoms with Crippen molar-refractivity contribution in [3.05, 3.63) is 68.2 Å². The fourth-order valence-corrected chi connectivity index (χ4v) is 4.04. The third-order valence-electron chi connectivity index (χ3n) is 4.68. The summed E-state index contributed by atoms with van der Waals surface area (Å²) >= 11 is 6.89. The summed E-state index contributed by atoms with van der Waals surface area (Å²) in [4.78, 5) is 48.1. The van der Waals surface area contributed by atoms with Gasteiger partial charge in [-0.1, -0.05) is 18.2 Å². The largest absolute Gasteiger partial charge is 0.465 e. The molecule has 0 fully saturated rings. The number of hydrogen-bond acceptors (Lipinski definition) is 7. The van der Waals surface area contributed by atoms with E-state index in [1.807, 2.05) is 0 Å². The second-order valence-electron chi connectivity index (χ2n) is 7.28. The highest BCUT2D eigenvalue weighted by molar-refractivity contribution is 8.00. The van der Waals surface area contributed by atoms with Crippen LogP contribution in [-0.2, 0) is 32.3 Å². The molecule has 8 nitrogen and oxygen atoms in total. The van der Waals surface area contributed by atoms with Crippen LogP contribution in [0, 0.1) is 5.82 Å². The fraction of sp³-hybridized carbons (Fsp3) is 0.364. The predicted octanol–water partition coefficient (Wildman–Crippen LogP) is 3.88. The Hall–Kier alpha value is -3.06. The summed E-state index contributed by atoms with van der Waals surface area (Å²) in [5, 5.41) is -1.01. The lowest BCUT2D eigenvalue weighted by Gasteiger charge is -2.16. The first-order valence-electron chi connectivity index (χ1n) is 10.3. The molecule has 0 amide bonds. The van der Waals surface area contributed by atoms with Crippen molar-refractivity contribution in [2.24, 2.45) is 7.05 Å². The van der Waals surface area contributed by atoms with Gasteiger partial charge in [-0.15, -0.1) is 11.8 Å². The van der Waals surface area contributed by atoms with E-state index in [9.17, 15) is 36.7 Å². The fourth-order valence-electron chi connectivity index (χ4n) is 2.86. The van der Waals surface area contributed by atoms with Crippen molar-refractivity contribution in [1.29, 1.82) is 0 Å². The quantitative estimate of drug-likeness (QED) is 0.145.